The van der Waals surface area contributed by atoms with Crippen molar-refractivity contribution in [2.45, 2.75) is 31.6 Å². The fraction of sp³-hybridized carbons (Fsp3) is 0.444. The van der Waals surface area contributed by atoms with Gasteiger partial charge in [-0.25, -0.2) is 4.98 Å². The van der Waals surface area contributed by atoms with Crippen molar-refractivity contribution in [2.24, 2.45) is 5.73 Å². The summed E-state index contributed by atoms with van der Waals surface area (Å²) in [5.41, 5.74) is 7.45. The van der Waals surface area contributed by atoms with Gasteiger partial charge in [-0.05, 0) is 24.9 Å². The van der Waals surface area contributed by atoms with Crippen LogP contribution in [-0.4, -0.2) is 35.4 Å². The first kappa shape index (κ1) is 16.1. The average Bonchev–Trinajstić information content (AvgIpc) is 3.04. The van der Waals surface area contributed by atoms with Gasteiger partial charge in [-0.15, -0.1) is 11.3 Å². The lowest BCUT2D eigenvalue weighted by Gasteiger charge is -2.40. The van der Waals surface area contributed by atoms with Crippen LogP contribution in [0.2, 0.25) is 0 Å². The molecule has 1 saturated heterocycles. The predicted octanol–water partition coefficient (Wildman–Crippen LogP) is 2.84. The van der Waals surface area contributed by atoms with Crippen molar-refractivity contribution < 1.29 is 4.79 Å². The maximum absolute atomic E-state index is 12.8. The third kappa shape index (κ3) is 3.46. The van der Waals surface area contributed by atoms with Crippen molar-refractivity contribution in [3.8, 4) is 0 Å². The Morgan fingerprint density at radius 1 is 1.39 bits per heavy atom. The minimum Gasteiger partial charge on any atom is -0.336 e. The molecule has 1 aromatic carbocycles. The third-order valence-corrected chi connectivity index (χ3v) is 5.49. The van der Waals surface area contributed by atoms with Crippen molar-refractivity contribution in [3.05, 3.63) is 52.0 Å². The molecule has 0 spiro atoms. The highest BCUT2D eigenvalue weighted by atomic mass is 32.1. The van der Waals surface area contributed by atoms with Gasteiger partial charge in [0.1, 0.15) is 5.69 Å². The second-order valence-corrected chi connectivity index (χ2v) is 7.36. The Morgan fingerprint density at radius 2 is 2.17 bits per heavy atom. The number of amides is 1. The molecule has 0 aliphatic carbocycles. The lowest BCUT2D eigenvalue weighted by atomic mass is 9.76. The Labute approximate surface area is 141 Å². The van der Waals surface area contributed by atoms with Gasteiger partial charge in [-0.3, -0.25) is 4.79 Å². The molecule has 1 aliphatic rings. The standard InChI is InChI=1S/C18H23N3OS/c1-18(14-6-3-2-4-7-14)9-5-11-21(13-18)17(22)15-12-23-16(20-15)8-10-19/h2-4,6-7,12H,5,8-11,13,19H2,1H3. The van der Waals surface area contributed by atoms with Gasteiger partial charge in [-0.2, -0.15) is 0 Å². The van der Waals surface area contributed by atoms with E-state index in [1.807, 2.05) is 16.3 Å². The largest absolute Gasteiger partial charge is 0.336 e. The van der Waals surface area contributed by atoms with Gasteiger partial charge in [0.25, 0.3) is 5.91 Å². The van der Waals surface area contributed by atoms with E-state index in [9.17, 15) is 4.79 Å². The first-order valence-electron chi connectivity index (χ1n) is 8.12. The van der Waals surface area contributed by atoms with E-state index in [2.05, 4.69) is 36.2 Å². The Balaban J connectivity index is 1.76. The number of aromatic nitrogens is 1. The van der Waals surface area contributed by atoms with Crippen molar-refractivity contribution in [1.29, 1.82) is 0 Å². The number of hydrogen-bond donors (Lipinski definition) is 1. The molecule has 1 aromatic heterocycles. The SMILES string of the molecule is CC1(c2ccccc2)CCCN(C(=O)c2csc(CCN)n2)C1. The number of piperidine rings is 1. The highest BCUT2D eigenvalue weighted by molar-refractivity contribution is 7.09. The molecule has 122 valence electrons. The zero-order chi connectivity index (χ0) is 16.3. The Kier molecular flexibility index (Phi) is 4.78. The fourth-order valence-corrected chi connectivity index (χ4v) is 4.09. The molecule has 4 nitrogen and oxygen atoms in total. The molecule has 0 saturated carbocycles. The van der Waals surface area contributed by atoms with Crippen LogP contribution >= 0.6 is 11.3 Å². The highest BCUT2D eigenvalue weighted by Crippen LogP contribution is 2.34. The van der Waals surface area contributed by atoms with Gasteiger partial charge in [0.15, 0.2) is 0 Å². The first-order valence-corrected chi connectivity index (χ1v) is 9.00. The highest BCUT2D eigenvalue weighted by Gasteiger charge is 2.35. The molecule has 5 heteroatoms. The van der Waals surface area contributed by atoms with Gasteiger partial charge in [0.2, 0.25) is 0 Å². The van der Waals surface area contributed by atoms with Crippen molar-refractivity contribution in [3.63, 3.8) is 0 Å². The number of carbonyl (C=O) groups excluding carboxylic acids is 1. The van der Waals surface area contributed by atoms with E-state index in [0.29, 0.717) is 12.2 Å². The summed E-state index contributed by atoms with van der Waals surface area (Å²) in [6, 6.07) is 10.5. The van der Waals surface area contributed by atoms with E-state index in [0.717, 1.165) is 37.4 Å². The molecule has 2 N–H and O–H groups in total. The number of thiazole rings is 1. The molecule has 3 rings (SSSR count). The average molecular weight is 329 g/mol. The summed E-state index contributed by atoms with van der Waals surface area (Å²) >= 11 is 1.52. The second-order valence-electron chi connectivity index (χ2n) is 6.42. The Bertz CT molecular complexity index is 670. The topological polar surface area (TPSA) is 59.2 Å². The van der Waals surface area contributed by atoms with Crippen LogP contribution in [0, 0.1) is 0 Å². The summed E-state index contributed by atoms with van der Waals surface area (Å²) in [4.78, 5) is 19.2. The number of benzene rings is 1. The maximum atomic E-state index is 12.8. The molecule has 0 radical (unpaired) electrons. The molecule has 1 unspecified atom stereocenters. The van der Waals surface area contributed by atoms with Gasteiger partial charge in [-0.1, -0.05) is 37.3 Å². The van der Waals surface area contributed by atoms with E-state index >= 15 is 0 Å². The van der Waals surface area contributed by atoms with Crippen molar-refractivity contribution >= 4 is 17.2 Å². The minimum atomic E-state index is 0.0191. The van der Waals surface area contributed by atoms with Crippen LogP contribution < -0.4 is 5.73 Å². The molecular formula is C18H23N3OS. The number of rotatable bonds is 4. The van der Waals surface area contributed by atoms with E-state index < -0.39 is 0 Å². The number of nitrogens with zero attached hydrogens (tertiary/aromatic N) is 2. The third-order valence-electron chi connectivity index (χ3n) is 4.58. The molecule has 2 heterocycles. The van der Waals surface area contributed by atoms with E-state index in [1.165, 1.54) is 16.9 Å². The Morgan fingerprint density at radius 3 is 2.91 bits per heavy atom. The summed E-state index contributed by atoms with van der Waals surface area (Å²) in [7, 11) is 0. The van der Waals surface area contributed by atoms with Gasteiger partial charge >= 0.3 is 0 Å². The molecule has 23 heavy (non-hydrogen) atoms. The maximum Gasteiger partial charge on any atom is 0.273 e. The van der Waals surface area contributed by atoms with Crippen LogP contribution in [-0.2, 0) is 11.8 Å². The molecule has 1 fully saturated rings. The Hall–Kier alpha value is -1.72. The molecule has 2 aromatic rings. The van der Waals surface area contributed by atoms with Crippen LogP contribution in [0.25, 0.3) is 0 Å². The van der Waals surface area contributed by atoms with Crippen LogP contribution in [0.4, 0.5) is 0 Å². The summed E-state index contributed by atoms with van der Waals surface area (Å²) in [6.07, 6.45) is 2.87. The number of nitrogens with two attached hydrogens (primary N) is 1. The predicted molar refractivity (Wildman–Crippen MR) is 93.8 cm³/mol. The van der Waals surface area contributed by atoms with E-state index in [-0.39, 0.29) is 11.3 Å². The summed E-state index contributed by atoms with van der Waals surface area (Å²) in [5.74, 6) is 0.0476. The van der Waals surface area contributed by atoms with Crippen LogP contribution in [0.15, 0.2) is 35.7 Å². The molecule has 0 bridgehead atoms. The lowest BCUT2D eigenvalue weighted by molar-refractivity contribution is 0.0645. The summed E-state index contributed by atoms with van der Waals surface area (Å²) in [5, 5.41) is 2.81. The summed E-state index contributed by atoms with van der Waals surface area (Å²) in [6.45, 7) is 4.38. The van der Waals surface area contributed by atoms with E-state index in [4.69, 9.17) is 5.73 Å². The fourth-order valence-electron chi connectivity index (χ4n) is 3.30. The zero-order valence-electron chi connectivity index (χ0n) is 13.5. The van der Waals surface area contributed by atoms with Crippen LogP contribution in [0.3, 0.4) is 0 Å². The van der Waals surface area contributed by atoms with Gasteiger partial charge in [0, 0.05) is 30.3 Å². The summed E-state index contributed by atoms with van der Waals surface area (Å²) < 4.78 is 0. The number of likely N-dealkylation sites (tertiary alicyclic amines) is 1. The molecule has 1 amide bonds. The lowest BCUT2D eigenvalue weighted by Crippen LogP contribution is -2.47. The van der Waals surface area contributed by atoms with Crippen LogP contribution in [0.1, 0.15) is 40.8 Å². The van der Waals surface area contributed by atoms with Crippen LogP contribution in [0.5, 0.6) is 0 Å². The van der Waals surface area contributed by atoms with E-state index in [1.54, 1.807) is 0 Å². The van der Waals surface area contributed by atoms with Crippen molar-refractivity contribution in [1.82, 2.24) is 9.88 Å². The minimum absolute atomic E-state index is 0.0191. The first-order chi connectivity index (χ1) is 11.1. The zero-order valence-corrected chi connectivity index (χ0v) is 14.3. The monoisotopic (exact) mass is 329 g/mol. The van der Waals surface area contributed by atoms with Gasteiger partial charge in [0.05, 0.1) is 5.01 Å². The number of carbonyl (C=O) groups is 1. The molecule has 1 aliphatic heterocycles. The number of hydrogen-bond acceptors (Lipinski definition) is 4. The van der Waals surface area contributed by atoms with Crippen molar-refractivity contribution in [2.75, 3.05) is 19.6 Å². The van der Waals surface area contributed by atoms with Gasteiger partial charge < -0.3 is 10.6 Å². The quantitative estimate of drug-likeness (QED) is 0.938. The molecule has 1 atom stereocenters. The second kappa shape index (κ2) is 6.81. The molecular weight excluding hydrogens is 306 g/mol. The smallest absolute Gasteiger partial charge is 0.273 e. The normalized spacial score (nSPS) is 21.4.